The zero-order chi connectivity index (χ0) is 17.1. The maximum atomic E-state index is 13.2. The van der Waals surface area contributed by atoms with Crippen molar-refractivity contribution < 1.29 is 19.4 Å². The average Bonchev–Trinajstić information content (AvgIpc) is 3.05. The molecule has 0 aromatic heterocycles. The molecule has 1 aromatic carbocycles. The molecular formula is C18H26FNO3. The number of aliphatic hydroxyl groups excluding tert-OH is 2. The fourth-order valence-corrected chi connectivity index (χ4v) is 3.53. The Hall–Kier alpha value is -1.46. The lowest BCUT2D eigenvalue weighted by Crippen LogP contribution is -2.49. The number of carbonyl (C=O) groups excluding carboxylic acids is 1. The molecule has 1 aromatic rings. The second kappa shape index (κ2) is 6.97. The Morgan fingerprint density at radius 1 is 1.22 bits per heavy atom. The summed E-state index contributed by atoms with van der Waals surface area (Å²) in [6, 6.07) is 6.19. The average molecular weight is 323 g/mol. The second-order valence-electron chi connectivity index (χ2n) is 7.08. The van der Waals surface area contributed by atoms with E-state index in [0.29, 0.717) is 0 Å². The molecule has 0 bridgehead atoms. The van der Waals surface area contributed by atoms with Gasteiger partial charge in [0.2, 0.25) is 5.91 Å². The van der Waals surface area contributed by atoms with Crippen molar-refractivity contribution in [2.45, 2.75) is 38.0 Å². The molecule has 1 fully saturated rings. The predicted molar refractivity (Wildman–Crippen MR) is 86.5 cm³/mol. The number of hydrogen-bond acceptors (Lipinski definition) is 3. The monoisotopic (exact) mass is 323 g/mol. The first-order valence-corrected chi connectivity index (χ1v) is 8.10. The third kappa shape index (κ3) is 3.56. The lowest BCUT2D eigenvalue weighted by molar-refractivity contribution is -0.138. The van der Waals surface area contributed by atoms with Crippen LogP contribution in [0.3, 0.4) is 0 Å². The van der Waals surface area contributed by atoms with Crippen LogP contribution >= 0.6 is 0 Å². The van der Waals surface area contributed by atoms with Gasteiger partial charge in [0.05, 0.1) is 18.6 Å². The van der Waals surface area contributed by atoms with Crippen LogP contribution in [-0.2, 0) is 10.2 Å². The summed E-state index contributed by atoms with van der Waals surface area (Å²) >= 11 is 0. The van der Waals surface area contributed by atoms with E-state index in [1.807, 2.05) is 0 Å². The van der Waals surface area contributed by atoms with E-state index in [2.05, 4.69) is 0 Å². The number of nitrogens with zero attached hydrogens (tertiary/aromatic N) is 1. The molecule has 1 aliphatic carbocycles. The molecule has 1 saturated carbocycles. The van der Waals surface area contributed by atoms with E-state index in [1.165, 1.54) is 12.1 Å². The van der Waals surface area contributed by atoms with Crippen molar-refractivity contribution in [1.29, 1.82) is 0 Å². The highest BCUT2D eigenvalue weighted by Gasteiger charge is 2.45. The maximum absolute atomic E-state index is 13.2. The van der Waals surface area contributed by atoms with Crippen LogP contribution in [0.2, 0.25) is 0 Å². The summed E-state index contributed by atoms with van der Waals surface area (Å²) in [6.07, 6.45) is 3.43. The number of aliphatic hydroxyl groups is 2. The van der Waals surface area contributed by atoms with Gasteiger partial charge in [-0.05, 0) is 30.5 Å². The van der Waals surface area contributed by atoms with Crippen LogP contribution < -0.4 is 0 Å². The van der Waals surface area contributed by atoms with Gasteiger partial charge in [0.15, 0.2) is 0 Å². The van der Waals surface area contributed by atoms with E-state index < -0.39 is 10.8 Å². The minimum Gasteiger partial charge on any atom is -0.396 e. The summed E-state index contributed by atoms with van der Waals surface area (Å²) in [5, 5.41) is 18.9. The molecular weight excluding hydrogens is 297 g/mol. The molecule has 0 unspecified atom stereocenters. The van der Waals surface area contributed by atoms with E-state index in [4.69, 9.17) is 0 Å². The number of rotatable bonds is 6. The number of carbonyl (C=O) groups is 1. The highest BCUT2D eigenvalue weighted by Crippen LogP contribution is 2.42. The van der Waals surface area contributed by atoms with Gasteiger partial charge in [0.1, 0.15) is 5.82 Å². The Morgan fingerprint density at radius 3 is 2.22 bits per heavy atom. The number of benzene rings is 1. The SMILES string of the molecule is CN(CC(C)(CO)CO)C(=O)C1(c2ccc(F)cc2)CCCC1. The first kappa shape index (κ1) is 17.9. The molecule has 23 heavy (non-hydrogen) atoms. The van der Waals surface area contributed by atoms with Gasteiger partial charge in [0, 0.05) is 19.0 Å². The number of hydrogen-bond donors (Lipinski definition) is 2. The van der Waals surface area contributed by atoms with Gasteiger partial charge >= 0.3 is 0 Å². The summed E-state index contributed by atoms with van der Waals surface area (Å²) in [4.78, 5) is 14.7. The summed E-state index contributed by atoms with van der Waals surface area (Å²) in [6.45, 7) is 1.65. The third-order valence-corrected chi connectivity index (χ3v) is 4.99. The van der Waals surface area contributed by atoms with Crippen molar-refractivity contribution in [2.24, 2.45) is 5.41 Å². The Morgan fingerprint density at radius 2 is 1.74 bits per heavy atom. The Labute approximate surface area is 136 Å². The number of amides is 1. The van der Waals surface area contributed by atoms with Crippen molar-refractivity contribution in [1.82, 2.24) is 4.90 Å². The van der Waals surface area contributed by atoms with Gasteiger partial charge in [-0.25, -0.2) is 4.39 Å². The quantitative estimate of drug-likeness (QED) is 0.843. The van der Waals surface area contributed by atoms with Crippen LogP contribution in [0.15, 0.2) is 24.3 Å². The lowest BCUT2D eigenvalue weighted by atomic mass is 9.77. The molecule has 0 aliphatic heterocycles. The molecule has 0 radical (unpaired) electrons. The highest BCUT2D eigenvalue weighted by atomic mass is 19.1. The highest BCUT2D eigenvalue weighted by molar-refractivity contribution is 5.88. The van der Waals surface area contributed by atoms with Crippen LogP contribution in [0.25, 0.3) is 0 Å². The minimum absolute atomic E-state index is 0.0188. The minimum atomic E-state index is -0.729. The third-order valence-electron chi connectivity index (χ3n) is 4.99. The standard InChI is InChI=1S/C18H26FNO3/c1-17(12-21,13-22)11-20(2)16(23)18(9-3-4-10-18)14-5-7-15(19)8-6-14/h5-8,21-22H,3-4,9-13H2,1-2H3. The van der Waals surface area contributed by atoms with Gasteiger partial charge in [-0.3, -0.25) is 4.79 Å². The zero-order valence-electron chi connectivity index (χ0n) is 13.9. The van der Waals surface area contributed by atoms with Crippen molar-refractivity contribution in [3.8, 4) is 0 Å². The maximum Gasteiger partial charge on any atom is 0.232 e. The molecule has 0 heterocycles. The molecule has 0 spiro atoms. The van der Waals surface area contributed by atoms with Crippen molar-refractivity contribution >= 4 is 5.91 Å². The van der Waals surface area contributed by atoms with Crippen LogP contribution in [0.1, 0.15) is 38.2 Å². The molecule has 1 amide bonds. The molecule has 5 heteroatoms. The summed E-state index contributed by atoms with van der Waals surface area (Å²) in [5.41, 5.74) is -0.496. The predicted octanol–water partition coefficient (Wildman–Crippen LogP) is 2.09. The smallest absolute Gasteiger partial charge is 0.232 e. The largest absolute Gasteiger partial charge is 0.396 e. The summed E-state index contributed by atoms with van der Waals surface area (Å²) < 4.78 is 13.2. The van der Waals surface area contributed by atoms with Gasteiger partial charge in [-0.15, -0.1) is 0 Å². The first-order chi connectivity index (χ1) is 10.9. The fraction of sp³-hybridized carbons (Fsp3) is 0.611. The molecule has 128 valence electrons. The van der Waals surface area contributed by atoms with E-state index in [1.54, 1.807) is 31.0 Å². The second-order valence-corrected chi connectivity index (χ2v) is 7.08. The van der Waals surface area contributed by atoms with Crippen LogP contribution in [0.5, 0.6) is 0 Å². The zero-order valence-corrected chi connectivity index (χ0v) is 13.9. The molecule has 2 N–H and O–H groups in total. The normalized spacial score (nSPS) is 17.3. The van der Waals surface area contributed by atoms with Crippen LogP contribution in [0, 0.1) is 11.2 Å². The van der Waals surface area contributed by atoms with Gasteiger partial charge in [0.25, 0.3) is 0 Å². The summed E-state index contributed by atoms with van der Waals surface area (Å²) in [7, 11) is 1.70. The Bertz CT molecular complexity index is 534. The van der Waals surface area contributed by atoms with Gasteiger partial charge < -0.3 is 15.1 Å². The topological polar surface area (TPSA) is 60.8 Å². The number of likely N-dealkylation sites (N-methyl/N-ethyl adjacent to an activating group) is 1. The van der Waals surface area contributed by atoms with Crippen LogP contribution in [0.4, 0.5) is 4.39 Å². The molecule has 2 rings (SSSR count). The van der Waals surface area contributed by atoms with E-state index in [9.17, 15) is 19.4 Å². The lowest BCUT2D eigenvalue weighted by Gasteiger charge is -2.37. The Balaban J connectivity index is 2.27. The van der Waals surface area contributed by atoms with Crippen molar-refractivity contribution in [3.63, 3.8) is 0 Å². The van der Waals surface area contributed by atoms with Crippen molar-refractivity contribution in [3.05, 3.63) is 35.6 Å². The summed E-state index contributed by atoms with van der Waals surface area (Å²) in [5.74, 6) is -0.328. The Kier molecular flexibility index (Phi) is 5.42. The fourth-order valence-electron chi connectivity index (χ4n) is 3.53. The first-order valence-electron chi connectivity index (χ1n) is 8.10. The van der Waals surface area contributed by atoms with Gasteiger partial charge in [-0.2, -0.15) is 0 Å². The number of halogens is 1. The van der Waals surface area contributed by atoms with Gasteiger partial charge in [-0.1, -0.05) is 31.9 Å². The molecule has 0 atom stereocenters. The molecule has 1 aliphatic rings. The van der Waals surface area contributed by atoms with Crippen LogP contribution in [-0.4, -0.2) is 47.8 Å². The van der Waals surface area contributed by atoms with E-state index in [-0.39, 0.29) is 31.5 Å². The van der Waals surface area contributed by atoms with E-state index in [0.717, 1.165) is 31.2 Å². The molecule has 0 saturated heterocycles. The van der Waals surface area contributed by atoms with Crippen molar-refractivity contribution in [2.75, 3.05) is 26.8 Å². The van der Waals surface area contributed by atoms with E-state index >= 15 is 0 Å². The molecule has 4 nitrogen and oxygen atoms in total.